The van der Waals surface area contributed by atoms with Crippen LogP contribution in [0, 0.1) is 5.41 Å². The van der Waals surface area contributed by atoms with Crippen molar-refractivity contribution in [2.24, 2.45) is 11.1 Å². The Morgan fingerprint density at radius 2 is 1.81 bits per heavy atom. The highest BCUT2D eigenvalue weighted by molar-refractivity contribution is 5.94. The molecule has 0 fully saturated rings. The molecule has 3 N–H and O–H groups in total. The fourth-order valence-corrected chi connectivity index (χ4v) is 2.22. The van der Waals surface area contributed by atoms with Crippen LogP contribution in [0.1, 0.15) is 36.7 Å². The number of rotatable bonds is 6. The third-order valence-corrected chi connectivity index (χ3v) is 3.70. The van der Waals surface area contributed by atoms with Gasteiger partial charge >= 0.3 is 0 Å². The van der Waals surface area contributed by atoms with Gasteiger partial charge in [0.2, 0.25) is 0 Å². The van der Waals surface area contributed by atoms with Gasteiger partial charge in [0.15, 0.2) is 0 Å². The number of halogens is 1. The highest BCUT2D eigenvalue weighted by Crippen LogP contribution is 2.21. The molecule has 1 amide bonds. The molecular weight excluding hydrogens is 286 g/mol. The molecule has 120 valence electrons. The zero-order valence-corrected chi connectivity index (χ0v) is 14.5. The molecule has 1 aromatic carbocycles. The van der Waals surface area contributed by atoms with Gasteiger partial charge in [0.25, 0.3) is 5.91 Å². The van der Waals surface area contributed by atoms with E-state index in [-0.39, 0.29) is 29.8 Å². The number of hydrogen-bond acceptors (Lipinski definition) is 3. The SMILES string of the molecule is CC(NC(=O)c1ccc(CN)cc1)C(C)(C)CN(C)C.Cl. The molecule has 0 heterocycles. The summed E-state index contributed by atoms with van der Waals surface area (Å²) in [4.78, 5) is 14.4. The number of nitrogens with two attached hydrogens (primary N) is 1. The summed E-state index contributed by atoms with van der Waals surface area (Å²) in [6.07, 6.45) is 0. The summed E-state index contributed by atoms with van der Waals surface area (Å²) < 4.78 is 0. The summed E-state index contributed by atoms with van der Waals surface area (Å²) >= 11 is 0. The molecule has 0 radical (unpaired) electrons. The Morgan fingerprint density at radius 3 is 2.24 bits per heavy atom. The Bertz CT molecular complexity index is 443. The van der Waals surface area contributed by atoms with Gasteiger partial charge in [0.1, 0.15) is 0 Å². The van der Waals surface area contributed by atoms with Gasteiger partial charge in [-0.15, -0.1) is 12.4 Å². The predicted molar refractivity (Wildman–Crippen MR) is 90.8 cm³/mol. The average Bonchev–Trinajstić information content (AvgIpc) is 2.37. The van der Waals surface area contributed by atoms with Crippen LogP contribution >= 0.6 is 12.4 Å². The molecule has 1 rings (SSSR count). The van der Waals surface area contributed by atoms with Crippen molar-refractivity contribution in [2.45, 2.75) is 33.4 Å². The van der Waals surface area contributed by atoms with Gasteiger partial charge in [0, 0.05) is 24.7 Å². The normalized spacial score (nSPS) is 12.7. The van der Waals surface area contributed by atoms with Crippen molar-refractivity contribution in [2.75, 3.05) is 20.6 Å². The molecule has 1 atom stereocenters. The third-order valence-electron chi connectivity index (χ3n) is 3.70. The van der Waals surface area contributed by atoms with E-state index in [2.05, 4.69) is 31.0 Å². The van der Waals surface area contributed by atoms with Gasteiger partial charge in [-0.2, -0.15) is 0 Å². The van der Waals surface area contributed by atoms with Crippen molar-refractivity contribution >= 4 is 18.3 Å². The van der Waals surface area contributed by atoms with E-state index in [4.69, 9.17) is 5.73 Å². The van der Waals surface area contributed by atoms with Gasteiger partial charge in [-0.05, 0) is 44.1 Å². The zero-order chi connectivity index (χ0) is 15.3. The highest BCUT2D eigenvalue weighted by Gasteiger charge is 2.28. The van der Waals surface area contributed by atoms with Crippen molar-refractivity contribution in [3.8, 4) is 0 Å². The summed E-state index contributed by atoms with van der Waals surface area (Å²) in [5.41, 5.74) is 7.27. The quantitative estimate of drug-likeness (QED) is 0.847. The summed E-state index contributed by atoms with van der Waals surface area (Å²) in [5, 5.41) is 3.08. The number of hydrogen-bond donors (Lipinski definition) is 2. The lowest BCUT2D eigenvalue weighted by atomic mass is 9.84. The molecule has 21 heavy (non-hydrogen) atoms. The number of carbonyl (C=O) groups excluding carboxylic acids is 1. The summed E-state index contributed by atoms with van der Waals surface area (Å²) in [7, 11) is 4.09. The fraction of sp³-hybridized carbons (Fsp3) is 0.562. The van der Waals surface area contributed by atoms with Gasteiger partial charge in [-0.25, -0.2) is 0 Å². The third kappa shape index (κ3) is 6.04. The molecular formula is C16H28ClN3O. The number of amides is 1. The molecule has 5 heteroatoms. The van der Waals surface area contributed by atoms with E-state index >= 15 is 0 Å². The molecule has 0 aliphatic rings. The van der Waals surface area contributed by atoms with Crippen LogP contribution in [-0.2, 0) is 6.54 Å². The smallest absolute Gasteiger partial charge is 0.251 e. The molecule has 0 aliphatic carbocycles. The maximum atomic E-state index is 12.2. The first-order valence-corrected chi connectivity index (χ1v) is 7.01. The largest absolute Gasteiger partial charge is 0.349 e. The Morgan fingerprint density at radius 1 is 1.29 bits per heavy atom. The van der Waals surface area contributed by atoms with Crippen LogP contribution in [0.5, 0.6) is 0 Å². The topological polar surface area (TPSA) is 58.4 Å². The predicted octanol–water partition coefficient (Wildman–Crippen LogP) is 2.27. The minimum atomic E-state index is -0.0343. The molecule has 0 saturated heterocycles. The average molecular weight is 314 g/mol. The molecule has 4 nitrogen and oxygen atoms in total. The van der Waals surface area contributed by atoms with Crippen LogP contribution in [0.3, 0.4) is 0 Å². The molecule has 1 unspecified atom stereocenters. The standard InChI is InChI=1S/C16H27N3O.ClH/c1-12(16(2,3)11-19(4)5)18-15(20)14-8-6-13(10-17)7-9-14;/h6-9,12H,10-11,17H2,1-5H3,(H,18,20);1H. The van der Waals surface area contributed by atoms with Gasteiger partial charge < -0.3 is 16.0 Å². The number of benzene rings is 1. The summed E-state index contributed by atoms with van der Waals surface area (Å²) in [5.74, 6) is -0.0343. The van der Waals surface area contributed by atoms with E-state index in [0.29, 0.717) is 12.1 Å². The molecule has 0 bridgehead atoms. The summed E-state index contributed by atoms with van der Waals surface area (Å²) in [6, 6.07) is 7.52. The lowest BCUT2D eigenvalue weighted by Crippen LogP contribution is -2.47. The lowest BCUT2D eigenvalue weighted by molar-refractivity contribution is 0.0885. The van der Waals surface area contributed by atoms with E-state index in [0.717, 1.165) is 12.1 Å². The molecule has 0 saturated carbocycles. The van der Waals surface area contributed by atoms with Crippen LogP contribution in [0.4, 0.5) is 0 Å². The van der Waals surface area contributed by atoms with Crippen molar-refractivity contribution < 1.29 is 4.79 Å². The molecule has 1 aromatic rings. The minimum absolute atomic E-state index is 0. The minimum Gasteiger partial charge on any atom is -0.349 e. The maximum Gasteiger partial charge on any atom is 0.251 e. The van der Waals surface area contributed by atoms with E-state index in [1.54, 1.807) is 0 Å². The number of nitrogens with zero attached hydrogens (tertiary/aromatic N) is 1. The Labute approximate surface area is 134 Å². The van der Waals surface area contributed by atoms with Crippen molar-refractivity contribution in [1.29, 1.82) is 0 Å². The van der Waals surface area contributed by atoms with Crippen molar-refractivity contribution in [3.63, 3.8) is 0 Å². The first-order valence-electron chi connectivity index (χ1n) is 7.01. The first kappa shape index (κ1) is 19.9. The Balaban J connectivity index is 0.00000400. The zero-order valence-electron chi connectivity index (χ0n) is 13.6. The van der Waals surface area contributed by atoms with Gasteiger partial charge in [0.05, 0.1) is 0 Å². The van der Waals surface area contributed by atoms with Crippen LogP contribution in [0.15, 0.2) is 24.3 Å². The first-order chi connectivity index (χ1) is 9.26. The second-order valence-electron chi connectivity index (χ2n) is 6.32. The fourth-order valence-electron chi connectivity index (χ4n) is 2.22. The summed E-state index contributed by atoms with van der Waals surface area (Å²) in [6.45, 7) is 7.79. The monoisotopic (exact) mass is 313 g/mol. The van der Waals surface area contributed by atoms with E-state index in [1.165, 1.54) is 0 Å². The van der Waals surface area contributed by atoms with Crippen molar-refractivity contribution in [3.05, 3.63) is 35.4 Å². The van der Waals surface area contributed by atoms with Crippen molar-refractivity contribution in [1.82, 2.24) is 10.2 Å². The Hall–Kier alpha value is -1.10. The number of nitrogens with one attached hydrogen (secondary N) is 1. The molecule has 0 spiro atoms. The second kappa shape index (κ2) is 8.37. The van der Waals surface area contributed by atoms with Gasteiger partial charge in [-0.3, -0.25) is 4.79 Å². The van der Waals surface area contributed by atoms with Gasteiger partial charge in [-0.1, -0.05) is 26.0 Å². The maximum absolute atomic E-state index is 12.2. The Kier molecular flexibility index (Phi) is 7.93. The van der Waals surface area contributed by atoms with E-state index in [9.17, 15) is 4.79 Å². The van der Waals surface area contributed by atoms with E-state index < -0.39 is 0 Å². The highest BCUT2D eigenvalue weighted by atomic mass is 35.5. The van der Waals surface area contributed by atoms with Crippen LogP contribution < -0.4 is 11.1 Å². The van der Waals surface area contributed by atoms with Crippen LogP contribution in [0.2, 0.25) is 0 Å². The van der Waals surface area contributed by atoms with E-state index in [1.807, 2.05) is 38.4 Å². The molecule has 0 aromatic heterocycles. The van der Waals surface area contributed by atoms with Crippen LogP contribution in [0.25, 0.3) is 0 Å². The van der Waals surface area contributed by atoms with Crippen LogP contribution in [-0.4, -0.2) is 37.5 Å². The second-order valence-corrected chi connectivity index (χ2v) is 6.32. The number of carbonyl (C=O) groups is 1. The lowest BCUT2D eigenvalue weighted by Gasteiger charge is -2.34. The molecule has 0 aliphatic heterocycles.